The van der Waals surface area contributed by atoms with Crippen LogP contribution in [0.3, 0.4) is 0 Å². The van der Waals surface area contributed by atoms with Crippen molar-refractivity contribution in [1.82, 2.24) is 9.78 Å². The highest BCUT2D eigenvalue weighted by Gasteiger charge is 2.06. The number of hydrogen-bond donors (Lipinski definition) is 1. The van der Waals surface area contributed by atoms with E-state index in [0.29, 0.717) is 11.6 Å². The molecule has 3 nitrogen and oxygen atoms in total. The molecule has 74 valence electrons. The fourth-order valence-electron chi connectivity index (χ4n) is 1.54. The van der Waals surface area contributed by atoms with Gasteiger partial charge in [-0.2, -0.15) is 5.10 Å². The van der Waals surface area contributed by atoms with Crippen LogP contribution in [0, 0.1) is 0 Å². The van der Waals surface area contributed by atoms with E-state index in [4.69, 9.17) is 16.7 Å². The predicted octanol–water partition coefficient (Wildman–Crippen LogP) is 1.76. The van der Waals surface area contributed by atoms with Gasteiger partial charge in [-0.05, 0) is 24.1 Å². The monoisotopic (exact) mass is 210 g/mol. The Morgan fingerprint density at radius 2 is 2.29 bits per heavy atom. The van der Waals surface area contributed by atoms with Gasteiger partial charge < -0.3 is 5.11 Å². The van der Waals surface area contributed by atoms with E-state index in [1.165, 1.54) is 0 Å². The number of aliphatic hydroxyl groups excluding tert-OH is 1. The van der Waals surface area contributed by atoms with Gasteiger partial charge in [0.25, 0.3) is 0 Å². The molecule has 0 atom stereocenters. The van der Waals surface area contributed by atoms with Gasteiger partial charge in [0.2, 0.25) is 0 Å². The van der Waals surface area contributed by atoms with Gasteiger partial charge in [-0.25, -0.2) is 0 Å². The second-order valence-corrected chi connectivity index (χ2v) is 3.60. The molecule has 2 aromatic rings. The second kappa shape index (κ2) is 3.59. The number of benzene rings is 1. The zero-order chi connectivity index (χ0) is 10.1. The molecule has 0 amide bonds. The Labute approximate surface area is 86.9 Å². The molecule has 0 aliphatic heterocycles. The number of hydrogen-bond acceptors (Lipinski definition) is 2. The molecule has 1 N–H and O–H groups in total. The van der Waals surface area contributed by atoms with Crippen LogP contribution < -0.4 is 0 Å². The van der Waals surface area contributed by atoms with Crippen molar-refractivity contribution in [3.05, 3.63) is 28.9 Å². The van der Waals surface area contributed by atoms with Crippen molar-refractivity contribution in [3.8, 4) is 0 Å². The Kier molecular flexibility index (Phi) is 2.44. The van der Waals surface area contributed by atoms with Gasteiger partial charge in [0, 0.05) is 19.0 Å². The number of nitrogens with zero attached hydrogens (tertiary/aromatic N) is 2. The summed E-state index contributed by atoms with van der Waals surface area (Å²) in [5, 5.41) is 14.4. The van der Waals surface area contributed by atoms with Crippen LogP contribution in [0.25, 0.3) is 10.9 Å². The molecule has 0 unspecified atom stereocenters. The maximum atomic E-state index is 8.82. The minimum Gasteiger partial charge on any atom is -0.396 e. The first-order valence-corrected chi connectivity index (χ1v) is 4.82. The fourth-order valence-corrected chi connectivity index (χ4v) is 1.82. The molecule has 2 rings (SSSR count). The van der Waals surface area contributed by atoms with Crippen LogP contribution in [0.2, 0.25) is 5.15 Å². The first-order chi connectivity index (χ1) is 6.72. The summed E-state index contributed by atoms with van der Waals surface area (Å²) in [6.07, 6.45) is 0.665. The van der Waals surface area contributed by atoms with Crippen molar-refractivity contribution < 1.29 is 5.11 Å². The topological polar surface area (TPSA) is 38.0 Å². The van der Waals surface area contributed by atoms with Crippen LogP contribution in [-0.4, -0.2) is 21.5 Å². The van der Waals surface area contributed by atoms with Crippen molar-refractivity contribution in [3.63, 3.8) is 0 Å². The Morgan fingerprint density at radius 3 is 3.00 bits per heavy atom. The Hall–Kier alpha value is -1.06. The van der Waals surface area contributed by atoms with Gasteiger partial charge in [-0.1, -0.05) is 17.7 Å². The van der Waals surface area contributed by atoms with E-state index in [2.05, 4.69) is 5.10 Å². The first-order valence-electron chi connectivity index (χ1n) is 4.44. The van der Waals surface area contributed by atoms with Crippen LogP contribution in [0.5, 0.6) is 0 Å². The molecule has 4 heteroatoms. The molecule has 0 saturated carbocycles. The third-order valence-corrected chi connectivity index (χ3v) is 2.55. The summed E-state index contributed by atoms with van der Waals surface area (Å²) in [7, 11) is 1.86. The van der Waals surface area contributed by atoms with Gasteiger partial charge in [0.15, 0.2) is 5.15 Å². The summed E-state index contributed by atoms with van der Waals surface area (Å²) in [4.78, 5) is 0. The number of aliphatic hydroxyl groups is 1. The molecule has 0 saturated heterocycles. The molecule has 0 fully saturated rings. The molecule has 1 aromatic carbocycles. The normalized spacial score (nSPS) is 11.1. The van der Waals surface area contributed by atoms with Gasteiger partial charge in [-0.15, -0.1) is 0 Å². The van der Waals surface area contributed by atoms with Gasteiger partial charge in [0.05, 0.1) is 5.52 Å². The van der Waals surface area contributed by atoms with E-state index in [0.717, 1.165) is 16.5 Å². The average Bonchev–Trinajstić information content (AvgIpc) is 2.43. The summed E-state index contributed by atoms with van der Waals surface area (Å²) in [6, 6.07) is 5.91. The highest BCUT2D eigenvalue weighted by Crippen LogP contribution is 2.23. The van der Waals surface area contributed by atoms with Crippen molar-refractivity contribution >= 4 is 22.5 Å². The Balaban J connectivity index is 2.59. The molecule has 0 aliphatic rings. The number of rotatable bonds is 2. The van der Waals surface area contributed by atoms with E-state index in [1.54, 1.807) is 4.68 Å². The summed E-state index contributed by atoms with van der Waals surface area (Å²) in [6.45, 7) is 0.164. The van der Waals surface area contributed by atoms with Crippen molar-refractivity contribution in [1.29, 1.82) is 0 Å². The number of fused-ring (bicyclic) bond motifs is 1. The van der Waals surface area contributed by atoms with E-state index < -0.39 is 0 Å². The summed E-state index contributed by atoms with van der Waals surface area (Å²) in [5.41, 5.74) is 2.10. The lowest BCUT2D eigenvalue weighted by Gasteiger charge is -1.99. The van der Waals surface area contributed by atoms with Gasteiger partial charge >= 0.3 is 0 Å². The Bertz CT molecular complexity index is 464. The van der Waals surface area contributed by atoms with Crippen LogP contribution in [0.4, 0.5) is 0 Å². The maximum Gasteiger partial charge on any atom is 0.158 e. The number of aryl methyl sites for hydroxylation is 1. The molecule has 0 aliphatic carbocycles. The second-order valence-electron chi connectivity index (χ2n) is 3.24. The fraction of sp³-hybridized carbons (Fsp3) is 0.300. The maximum absolute atomic E-state index is 8.82. The van der Waals surface area contributed by atoms with E-state index in [-0.39, 0.29) is 6.61 Å². The number of halogens is 1. The molecule has 0 radical (unpaired) electrons. The molecule has 14 heavy (non-hydrogen) atoms. The van der Waals surface area contributed by atoms with Gasteiger partial charge in [0.1, 0.15) is 0 Å². The highest BCUT2D eigenvalue weighted by atomic mass is 35.5. The van der Waals surface area contributed by atoms with Crippen LogP contribution >= 0.6 is 11.6 Å². The summed E-state index contributed by atoms with van der Waals surface area (Å²) >= 11 is 5.93. The Morgan fingerprint density at radius 1 is 1.50 bits per heavy atom. The van der Waals surface area contributed by atoms with E-state index >= 15 is 0 Å². The zero-order valence-corrected chi connectivity index (χ0v) is 8.62. The first kappa shape index (κ1) is 9.49. The molecule has 0 bridgehead atoms. The SMILES string of the molecule is Cn1nc(Cl)c2ccc(CCO)cc21. The molecule has 0 spiro atoms. The molecule has 1 heterocycles. The lowest BCUT2D eigenvalue weighted by molar-refractivity contribution is 0.299. The summed E-state index contributed by atoms with van der Waals surface area (Å²) in [5.74, 6) is 0. The van der Waals surface area contributed by atoms with Crippen molar-refractivity contribution in [2.45, 2.75) is 6.42 Å². The van der Waals surface area contributed by atoms with Crippen molar-refractivity contribution in [2.24, 2.45) is 7.05 Å². The molecular formula is C10H11ClN2O. The lowest BCUT2D eigenvalue weighted by Crippen LogP contribution is -1.92. The minimum atomic E-state index is 0.164. The molecule has 1 aromatic heterocycles. The summed E-state index contributed by atoms with van der Waals surface area (Å²) < 4.78 is 1.75. The minimum absolute atomic E-state index is 0.164. The lowest BCUT2D eigenvalue weighted by atomic mass is 10.1. The van der Waals surface area contributed by atoms with Gasteiger partial charge in [-0.3, -0.25) is 4.68 Å². The predicted molar refractivity (Wildman–Crippen MR) is 56.5 cm³/mol. The standard InChI is InChI=1S/C10H11ClN2O/c1-13-9-6-7(4-5-14)2-3-8(9)10(11)12-13/h2-3,6,14H,4-5H2,1H3. The smallest absolute Gasteiger partial charge is 0.158 e. The molecular weight excluding hydrogens is 200 g/mol. The van der Waals surface area contributed by atoms with Crippen LogP contribution in [0.15, 0.2) is 18.2 Å². The third kappa shape index (κ3) is 1.49. The quantitative estimate of drug-likeness (QED) is 0.821. The average molecular weight is 211 g/mol. The van der Waals surface area contributed by atoms with E-state index in [1.807, 2.05) is 25.2 Å². The van der Waals surface area contributed by atoms with E-state index in [9.17, 15) is 0 Å². The van der Waals surface area contributed by atoms with Crippen LogP contribution in [-0.2, 0) is 13.5 Å². The highest BCUT2D eigenvalue weighted by molar-refractivity contribution is 6.34. The van der Waals surface area contributed by atoms with Crippen LogP contribution in [0.1, 0.15) is 5.56 Å². The number of aromatic nitrogens is 2. The zero-order valence-electron chi connectivity index (χ0n) is 7.87. The third-order valence-electron chi connectivity index (χ3n) is 2.27. The largest absolute Gasteiger partial charge is 0.396 e. The van der Waals surface area contributed by atoms with Crippen molar-refractivity contribution in [2.75, 3.05) is 6.61 Å².